The number of ether oxygens (including phenoxy) is 1. The summed E-state index contributed by atoms with van der Waals surface area (Å²) in [5.41, 5.74) is 0.419. The van der Waals surface area contributed by atoms with E-state index in [-0.39, 0.29) is 23.3 Å². The van der Waals surface area contributed by atoms with Crippen molar-refractivity contribution in [2.24, 2.45) is 0 Å². The quantitative estimate of drug-likeness (QED) is 0.759. The molecule has 1 amide bonds. The summed E-state index contributed by atoms with van der Waals surface area (Å²) < 4.78 is 10.5. The van der Waals surface area contributed by atoms with Gasteiger partial charge in [0.2, 0.25) is 5.22 Å². The Morgan fingerprint density at radius 1 is 1.44 bits per heavy atom. The van der Waals surface area contributed by atoms with Crippen molar-refractivity contribution >= 4 is 17.5 Å². The average molecular weight is 244 g/mol. The summed E-state index contributed by atoms with van der Waals surface area (Å²) >= 11 is 5.78. The Morgan fingerprint density at radius 2 is 2.06 bits per heavy atom. The van der Waals surface area contributed by atoms with Crippen LogP contribution in [0.1, 0.15) is 24.2 Å². The molecule has 2 unspecified atom stereocenters. The van der Waals surface area contributed by atoms with Crippen molar-refractivity contribution in [3.05, 3.63) is 23.1 Å². The van der Waals surface area contributed by atoms with Crippen molar-refractivity contribution in [1.29, 1.82) is 0 Å². The number of carbonyl (C=O) groups excluding carboxylic acids is 1. The molecule has 2 heterocycles. The molecule has 0 bridgehead atoms. The molecule has 2 atom stereocenters. The summed E-state index contributed by atoms with van der Waals surface area (Å²) in [6.45, 7) is 5.08. The minimum atomic E-state index is -0.0965. The number of furan rings is 1. The molecular formula is C11H14ClNO3. The van der Waals surface area contributed by atoms with E-state index < -0.39 is 0 Å². The highest BCUT2D eigenvalue weighted by atomic mass is 35.5. The normalized spacial score (nSPS) is 25.8. The van der Waals surface area contributed by atoms with Gasteiger partial charge in [0.1, 0.15) is 0 Å². The zero-order valence-electron chi connectivity index (χ0n) is 9.27. The lowest BCUT2D eigenvalue weighted by Gasteiger charge is -2.35. The molecular weight excluding hydrogens is 230 g/mol. The molecule has 0 spiro atoms. The highest BCUT2D eigenvalue weighted by molar-refractivity contribution is 6.32. The fourth-order valence-corrected chi connectivity index (χ4v) is 2.16. The van der Waals surface area contributed by atoms with Crippen LogP contribution in [0.15, 0.2) is 16.7 Å². The van der Waals surface area contributed by atoms with Gasteiger partial charge in [-0.3, -0.25) is 4.79 Å². The second-order valence-corrected chi connectivity index (χ2v) is 4.42. The monoisotopic (exact) mass is 243 g/mol. The molecule has 1 aromatic heterocycles. The van der Waals surface area contributed by atoms with Crippen LogP contribution < -0.4 is 0 Å². The molecule has 16 heavy (non-hydrogen) atoms. The molecule has 2 rings (SSSR count). The van der Waals surface area contributed by atoms with Gasteiger partial charge in [-0.25, -0.2) is 0 Å². The molecule has 0 N–H and O–H groups in total. The first kappa shape index (κ1) is 11.5. The lowest BCUT2D eigenvalue weighted by molar-refractivity contribution is -0.0586. The summed E-state index contributed by atoms with van der Waals surface area (Å²) in [6.07, 6.45) is 1.53. The number of hydrogen-bond acceptors (Lipinski definition) is 3. The van der Waals surface area contributed by atoms with Gasteiger partial charge < -0.3 is 14.1 Å². The summed E-state index contributed by atoms with van der Waals surface area (Å²) in [6, 6.07) is 1.59. The van der Waals surface area contributed by atoms with E-state index in [0.29, 0.717) is 18.7 Å². The van der Waals surface area contributed by atoms with E-state index >= 15 is 0 Å². The van der Waals surface area contributed by atoms with Crippen LogP contribution in [0.25, 0.3) is 0 Å². The molecule has 1 saturated heterocycles. The second kappa shape index (κ2) is 4.47. The van der Waals surface area contributed by atoms with E-state index in [4.69, 9.17) is 20.8 Å². The molecule has 0 aliphatic carbocycles. The Hall–Kier alpha value is -1.00. The molecule has 1 fully saturated rings. The molecule has 88 valence electrons. The van der Waals surface area contributed by atoms with Gasteiger partial charge in [-0.05, 0) is 31.5 Å². The molecule has 1 aromatic rings. The predicted octanol–water partition coefficient (Wildman–Crippen LogP) is 2.18. The number of rotatable bonds is 1. The number of nitrogens with zero attached hydrogens (tertiary/aromatic N) is 1. The largest absolute Gasteiger partial charge is 0.452 e. The molecule has 0 saturated carbocycles. The third-order valence-electron chi connectivity index (χ3n) is 2.56. The fraction of sp³-hybridized carbons (Fsp3) is 0.545. The van der Waals surface area contributed by atoms with E-state index in [1.165, 1.54) is 6.26 Å². The van der Waals surface area contributed by atoms with Gasteiger partial charge >= 0.3 is 0 Å². The van der Waals surface area contributed by atoms with Gasteiger partial charge in [-0.2, -0.15) is 0 Å². The lowest BCUT2D eigenvalue weighted by Crippen LogP contribution is -2.48. The van der Waals surface area contributed by atoms with Crippen LogP contribution in [-0.2, 0) is 4.74 Å². The van der Waals surface area contributed by atoms with Crippen molar-refractivity contribution in [1.82, 2.24) is 4.90 Å². The molecule has 0 aromatic carbocycles. The van der Waals surface area contributed by atoms with Crippen LogP contribution in [0.4, 0.5) is 0 Å². The maximum Gasteiger partial charge on any atom is 0.258 e. The Labute approximate surface area is 99.1 Å². The zero-order chi connectivity index (χ0) is 11.7. The molecule has 1 aliphatic heterocycles. The topological polar surface area (TPSA) is 42.7 Å². The van der Waals surface area contributed by atoms with Gasteiger partial charge in [-0.15, -0.1) is 0 Å². The average Bonchev–Trinajstić information content (AvgIpc) is 2.62. The van der Waals surface area contributed by atoms with E-state index in [1.807, 2.05) is 13.8 Å². The second-order valence-electron chi connectivity index (χ2n) is 4.08. The van der Waals surface area contributed by atoms with Crippen LogP contribution in [0, 0.1) is 0 Å². The summed E-state index contributed by atoms with van der Waals surface area (Å²) in [5, 5.41) is 0.150. The Bertz CT molecular complexity index is 380. The first-order valence-electron chi connectivity index (χ1n) is 5.25. The molecule has 0 radical (unpaired) electrons. The van der Waals surface area contributed by atoms with Crippen LogP contribution in [0.5, 0.6) is 0 Å². The van der Waals surface area contributed by atoms with Crippen molar-refractivity contribution in [3.63, 3.8) is 0 Å². The SMILES string of the molecule is CC1CN(C(=O)c2ccoc2Cl)CC(C)O1. The van der Waals surface area contributed by atoms with E-state index in [2.05, 4.69) is 0 Å². The first-order chi connectivity index (χ1) is 7.58. The van der Waals surface area contributed by atoms with Gasteiger partial charge in [0, 0.05) is 13.1 Å². The van der Waals surface area contributed by atoms with Crippen LogP contribution in [-0.4, -0.2) is 36.1 Å². The van der Waals surface area contributed by atoms with Crippen LogP contribution >= 0.6 is 11.6 Å². The number of hydrogen-bond donors (Lipinski definition) is 0. The van der Waals surface area contributed by atoms with Crippen molar-refractivity contribution in [2.45, 2.75) is 26.1 Å². The minimum Gasteiger partial charge on any atom is -0.452 e. The summed E-state index contributed by atoms with van der Waals surface area (Å²) in [7, 11) is 0. The first-order valence-corrected chi connectivity index (χ1v) is 5.63. The summed E-state index contributed by atoms with van der Waals surface area (Å²) in [5.74, 6) is -0.0965. The number of halogens is 1. The molecule has 4 nitrogen and oxygen atoms in total. The van der Waals surface area contributed by atoms with Gasteiger partial charge in [0.15, 0.2) is 0 Å². The Morgan fingerprint density at radius 3 is 2.56 bits per heavy atom. The highest BCUT2D eigenvalue weighted by Crippen LogP contribution is 2.21. The zero-order valence-corrected chi connectivity index (χ0v) is 10.0. The van der Waals surface area contributed by atoms with Crippen molar-refractivity contribution < 1.29 is 13.9 Å². The lowest BCUT2D eigenvalue weighted by atomic mass is 10.2. The predicted molar refractivity (Wildman–Crippen MR) is 59.6 cm³/mol. The van der Waals surface area contributed by atoms with E-state index in [0.717, 1.165) is 0 Å². The van der Waals surface area contributed by atoms with Crippen LogP contribution in [0.2, 0.25) is 5.22 Å². The third-order valence-corrected chi connectivity index (χ3v) is 2.85. The minimum absolute atomic E-state index is 0.0541. The van der Waals surface area contributed by atoms with Crippen molar-refractivity contribution in [3.8, 4) is 0 Å². The van der Waals surface area contributed by atoms with Gasteiger partial charge in [0.25, 0.3) is 5.91 Å². The number of morpholine rings is 1. The van der Waals surface area contributed by atoms with Gasteiger partial charge in [0.05, 0.1) is 24.0 Å². The Kier molecular flexibility index (Phi) is 3.21. The highest BCUT2D eigenvalue weighted by Gasteiger charge is 2.28. The maximum absolute atomic E-state index is 12.1. The van der Waals surface area contributed by atoms with Gasteiger partial charge in [-0.1, -0.05) is 0 Å². The standard InChI is InChI=1S/C11H14ClNO3/c1-7-5-13(6-8(2)16-7)11(14)9-3-4-15-10(9)12/h3-4,7-8H,5-6H2,1-2H3. The molecule has 1 aliphatic rings. The number of amides is 1. The van der Waals surface area contributed by atoms with Crippen LogP contribution in [0.3, 0.4) is 0 Å². The fourth-order valence-electron chi connectivity index (χ4n) is 1.96. The smallest absolute Gasteiger partial charge is 0.258 e. The summed E-state index contributed by atoms with van der Waals surface area (Å²) in [4.78, 5) is 13.8. The third kappa shape index (κ3) is 2.23. The van der Waals surface area contributed by atoms with Crippen molar-refractivity contribution in [2.75, 3.05) is 13.1 Å². The molecule has 5 heteroatoms. The Balaban J connectivity index is 2.13. The van der Waals surface area contributed by atoms with E-state index in [1.54, 1.807) is 11.0 Å². The maximum atomic E-state index is 12.1. The van der Waals surface area contributed by atoms with E-state index in [9.17, 15) is 4.79 Å². The number of carbonyl (C=O) groups is 1.